The Morgan fingerprint density at radius 3 is 2.96 bits per heavy atom. The first kappa shape index (κ1) is 19.9. The summed E-state index contributed by atoms with van der Waals surface area (Å²) in [6.07, 6.45) is 2.31. The van der Waals surface area contributed by atoms with Crippen LogP contribution in [-0.2, 0) is 17.7 Å². The molecule has 1 aliphatic rings. The topological polar surface area (TPSA) is 75.4 Å². The smallest absolute Gasteiger partial charge is 0.341 e. The summed E-state index contributed by atoms with van der Waals surface area (Å²) in [5, 5.41) is 13.1. The van der Waals surface area contributed by atoms with Gasteiger partial charge in [-0.05, 0) is 30.2 Å². The van der Waals surface area contributed by atoms with Crippen molar-refractivity contribution in [3.63, 3.8) is 0 Å². The number of aliphatic imine (C=N–C) groups is 1. The number of ether oxygens (including phenoxy) is 2. The second kappa shape index (κ2) is 8.41. The monoisotopic (exact) mass is 452 g/mol. The summed E-state index contributed by atoms with van der Waals surface area (Å²) in [6, 6.07) is 3.34. The minimum Gasteiger partial charge on any atom is -0.870 e. The molecule has 1 atom stereocenters. The lowest BCUT2D eigenvalue weighted by Crippen LogP contribution is -3.08. The van der Waals surface area contributed by atoms with Gasteiger partial charge in [-0.25, -0.2) is 9.79 Å². The van der Waals surface area contributed by atoms with Crippen LogP contribution in [0, 0.1) is 0 Å². The summed E-state index contributed by atoms with van der Waals surface area (Å²) >= 11 is 4.88. The highest BCUT2D eigenvalue weighted by atomic mass is 79.9. The van der Waals surface area contributed by atoms with Crippen molar-refractivity contribution in [2.24, 2.45) is 4.99 Å². The molecule has 1 N–H and O–H groups in total. The molecule has 0 saturated heterocycles. The van der Waals surface area contributed by atoms with E-state index in [1.165, 1.54) is 29.6 Å². The van der Waals surface area contributed by atoms with Crippen molar-refractivity contribution in [3.8, 4) is 11.5 Å². The van der Waals surface area contributed by atoms with Crippen LogP contribution >= 0.6 is 27.3 Å². The average Bonchev–Trinajstić information content (AvgIpc) is 3.00. The molecule has 0 fully saturated rings. The largest absolute Gasteiger partial charge is 0.870 e. The summed E-state index contributed by atoms with van der Waals surface area (Å²) in [7, 11) is 3.50. The first-order chi connectivity index (χ1) is 12.9. The van der Waals surface area contributed by atoms with E-state index in [4.69, 9.17) is 9.47 Å². The number of hydrogen-bond donors (Lipinski definition) is 1. The molecule has 1 aromatic carbocycles. The first-order valence-corrected chi connectivity index (χ1v) is 10.3. The number of methoxy groups -OCH3 is 1. The van der Waals surface area contributed by atoms with Gasteiger partial charge in [-0.3, -0.25) is 0 Å². The van der Waals surface area contributed by atoms with Gasteiger partial charge in [0.15, 0.2) is 0 Å². The zero-order valence-corrected chi connectivity index (χ0v) is 17.8. The number of carbonyl (C=O) groups excluding carboxylic acids is 1. The number of thiophene rings is 1. The Morgan fingerprint density at radius 2 is 2.26 bits per heavy atom. The third-order valence-electron chi connectivity index (χ3n) is 4.39. The summed E-state index contributed by atoms with van der Waals surface area (Å²) in [6.45, 7) is 4.05. The molecule has 1 aromatic heterocycles. The van der Waals surface area contributed by atoms with E-state index in [2.05, 4.69) is 28.0 Å². The lowest BCUT2D eigenvalue weighted by atomic mass is 10.0. The van der Waals surface area contributed by atoms with Crippen LogP contribution in [0.1, 0.15) is 33.3 Å². The molecule has 1 unspecified atom stereocenters. The molecule has 0 radical (unpaired) electrons. The van der Waals surface area contributed by atoms with Gasteiger partial charge in [-0.1, -0.05) is 21.7 Å². The summed E-state index contributed by atoms with van der Waals surface area (Å²) in [5.41, 5.74) is 1.95. The maximum absolute atomic E-state index is 12.5. The molecule has 27 heavy (non-hydrogen) atoms. The zero-order chi connectivity index (χ0) is 19.6. The summed E-state index contributed by atoms with van der Waals surface area (Å²) < 4.78 is 11.1. The highest BCUT2D eigenvalue weighted by Crippen LogP contribution is 2.38. The van der Waals surface area contributed by atoms with Crippen LogP contribution in [0.4, 0.5) is 5.00 Å². The van der Waals surface area contributed by atoms with E-state index in [-0.39, 0.29) is 17.5 Å². The van der Waals surface area contributed by atoms with Crippen molar-refractivity contribution in [2.75, 3.05) is 27.3 Å². The second-order valence-corrected chi connectivity index (χ2v) is 8.32. The number of esters is 1. The number of hydrogen-bond acceptors (Lipinski definition) is 6. The Labute approximate surface area is 170 Å². The number of nitrogens with one attached hydrogen (secondary N) is 1. The van der Waals surface area contributed by atoms with E-state index in [1.807, 2.05) is 6.92 Å². The Morgan fingerprint density at radius 1 is 1.48 bits per heavy atom. The molecule has 6 nitrogen and oxygen atoms in total. The molecule has 0 amide bonds. The van der Waals surface area contributed by atoms with E-state index in [0.29, 0.717) is 22.7 Å². The fourth-order valence-electron chi connectivity index (χ4n) is 3.08. The van der Waals surface area contributed by atoms with Crippen LogP contribution < -0.4 is 14.7 Å². The molecule has 2 heterocycles. The molecule has 8 heteroatoms. The lowest BCUT2D eigenvalue weighted by Gasteiger charge is -2.19. The SMILES string of the molecule is CCOc1cc(Br)cc(C=Nc2sc3c(c2C(=O)OC)CC[NH+](C)C3)c1[O-]. The number of halogens is 1. The van der Waals surface area contributed by atoms with Gasteiger partial charge in [0.05, 0.1) is 32.2 Å². The van der Waals surface area contributed by atoms with Gasteiger partial charge >= 0.3 is 5.97 Å². The number of likely N-dealkylation sites (N-methyl/N-ethyl adjacent to an activating group) is 1. The van der Waals surface area contributed by atoms with E-state index in [9.17, 15) is 9.90 Å². The van der Waals surface area contributed by atoms with Gasteiger partial charge in [0, 0.05) is 17.1 Å². The minimum atomic E-state index is -0.384. The Kier molecular flexibility index (Phi) is 6.18. The van der Waals surface area contributed by atoms with Gasteiger partial charge in [0.1, 0.15) is 22.9 Å². The van der Waals surface area contributed by atoms with E-state index < -0.39 is 0 Å². The van der Waals surface area contributed by atoms with Crippen molar-refractivity contribution in [3.05, 3.63) is 38.2 Å². The standard InChI is InChI=1S/C19H21BrN2O4S/c1-4-26-14-8-12(20)7-11(17(14)23)9-21-18-16(19(24)25-3)13-5-6-22(2)10-15(13)27-18/h7-9,23H,4-6,10H2,1-3H3. The lowest BCUT2D eigenvalue weighted by molar-refractivity contribution is -0.895. The predicted molar refractivity (Wildman–Crippen MR) is 107 cm³/mol. The average molecular weight is 453 g/mol. The molecule has 0 spiro atoms. The molecular formula is C19H21BrN2O4S. The van der Waals surface area contributed by atoms with Crippen molar-refractivity contribution in [1.29, 1.82) is 0 Å². The predicted octanol–water partition coefficient (Wildman–Crippen LogP) is 2.09. The minimum absolute atomic E-state index is 0.228. The number of benzene rings is 1. The summed E-state index contributed by atoms with van der Waals surface area (Å²) in [5.74, 6) is -0.336. The first-order valence-electron chi connectivity index (χ1n) is 8.66. The van der Waals surface area contributed by atoms with Gasteiger partial charge < -0.3 is 19.5 Å². The van der Waals surface area contributed by atoms with Crippen molar-refractivity contribution in [2.45, 2.75) is 19.9 Å². The van der Waals surface area contributed by atoms with Gasteiger partial charge in [-0.15, -0.1) is 11.3 Å². The van der Waals surface area contributed by atoms with Gasteiger partial charge in [0.2, 0.25) is 0 Å². The van der Waals surface area contributed by atoms with Crippen LogP contribution in [0.15, 0.2) is 21.6 Å². The highest BCUT2D eigenvalue weighted by molar-refractivity contribution is 9.10. The fourth-order valence-corrected chi connectivity index (χ4v) is 4.83. The van der Waals surface area contributed by atoms with Gasteiger partial charge in [0.25, 0.3) is 0 Å². The van der Waals surface area contributed by atoms with E-state index >= 15 is 0 Å². The molecule has 1 aliphatic heterocycles. The molecule has 3 rings (SSSR count). The van der Waals surface area contributed by atoms with Crippen LogP contribution in [-0.4, -0.2) is 39.5 Å². The second-order valence-electron chi connectivity index (χ2n) is 6.32. The van der Waals surface area contributed by atoms with Crippen LogP contribution in [0.5, 0.6) is 11.5 Å². The maximum Gasteiger partial charge on any atom is 0.341 e. The number of rotatable bonds is 5. The van der Waals surface area contributed by atoms with Crippen molar-refractivity contribution >= 4 is 44.5 Å². The quantitative estimate of drug-likeness (QED) is 0.556. The van der Waals surface area contributed by atoms with Crippen LogP contribution in [0.2, 0.25) is 0 Å². The maximum atomic E-state index is 12.5. The Hall–Kier alpha value is -1.90. The highest BCUT2D eigenvalue weighted by Gasteiger charge is 2.29. The Bertz CT molecular complexity index is 894. The number of carbonyl (C=O) groups is 1. The third-order valence-corrected chi connectivity index (χ3v) is 5.99. The normalized spacial score (nSPS) is 16.4. The Balaban J connectivity index is 2.02. The molecule has 0 bridgehead atoms. The molecule has 144 valence electrons. The zero-order valence-electron chi connectivity index (χ0n) is 15.4. The van der Waals surface area contributed by atoms with Crippen LogP contribution in [0.25, 0.3) is 0 Å². The van der Waals surface area contributed by atoms with Crippen LogP contribution in [0.3, 0.4) is 0 Å². The number of quaternary nitrogens is 1. The van der Waals surface area contributed by atoms with Crippen molar-refractivity contribution in [1.82, 2.24) is 0 Å². The van der Waals surface area contributed by atoms with E-state index in [0.717, 1.165) is 34.4 Å². The molecule has 0 aliphatic carbocycles. The number of nitrogens with zero attached hydrogens (tertiary/aromatic N) is 1. The molecule has 0 saturated carbocycles. The summed E-state index contributed by atoms with van der Waals surface area (Å²) in [4.78, 5) is 19.4. The third kappa shape index (κ3) is 4.17. The molecular weight excluding hydrogens is 432 g/mol. The van der Waals surface area contributed by atoms with E-state index in [1.54, 1.807) is 12.1 Å². The fraction of sp³-hybridized carbons (Fsp3) is 0.368. The van der Waals surface area contributed by atoms with Gasteiger partial charge in [-0.2, -0.15) is 0 Å². The van der Waals surface area contributed by atoms with Crippen molar-refractivity contribution < 1.29 is 24.3 Å². The number of fused-ring (bicyclic) bond motifs is 1. The molecule has 2 aromatic rings.